The molecule has 1 aromatic rings. The fourth-order valence-corrected chi connectivity index (χ4v) is 3.46. The lowest BCUT2D eigenvalue weighted by Gasteiger charge is -2.05. The number of carbonyl (C=O) groups excluding carboxylic acids is 1. The van der Waals surface area contributed by atoms with E-state index in [1.54, 1.807) is 6.20 Å². The lowest BCUT2D eigenvalue weighted by atomic mass is 10.4. The molecule has 5 heteroatoms. The van der Waals surface area contributed by atoms with E-state index in [0.29, 0.717) is 11.5 Å². The number of hydrogen-bond donors (Lipinski definition) is 0. The van der Waals surface area contributed by atoms with Gasteiger partial charge < -0.3 is 4.74 Å². The normalized spacial score (nSPS) is 17.5. The van der Waals surface area contributed by atoms with Gasteiger partial charge in [-0.3, -0.25) is 0 Å². The Hall–Kier alpha value is -0.550. The SMILES string of the molecule is CCOC(=O)c1cnc(C2(SC)CC2)s1. The summed E-state index contributed by atoms with van der Waals surface area (Å²) < 4.78 is 5.14. The molecule has 0 aliphatic heterocycles. The van der Waals surface area contributed by atoms with Crippen molar-refractivity contribution in [2.45, 2.75) is 24.5 Å². The average Bonchev–Trinajstić information content (AvgIpc) is 2.88. The minimum Gasteiger partial charge on any atom is -0.462 e. The van der Waals surface area contributed by atoms with Crippen LogP contribution in [0.5, 0.6) is 0 Å². The van der Waals surface area contributed by atoms with E-state index in [2.05, 4.69) is 11.2 Å². The molecular weight excluding hydrogens is 230 g/mol. The average molecular weight is 243 g/mol. The summed E-state index contributed by atoms with van der Waals surface area (Å²) in [6, 6.07) is 0. The predicted molar refractivity (Wildman–Crippen MR) is 62.5 cm³/mol. The van der Waals surface area contributed by atoms with Crippen LogP contribution in [0.25, 0.3) is 0 Å². The minimum atomic E-state index is -0.252. The molecule has 0 N–H and O–H groups in total. The second-order valence-electron chi connectivity index (χ2n) is 3.45. The van der Waals surface area contributed by atoms with E-state index < -0.39 is 0 Å². The van der Waals surface area contributed by atoms with Gasteiger partial charge in [0.25, 0.3) is 0 Å². The van der Waals surface area contributed by atoms with Crippen molar-refractivity contribution in [1.82, 2.24) is 4.98 Å². The number of aromatic nitrogens is 1. The summed E-state index contributed by atoms with van der Waals surface area (Å²) in [5.41, 5.74) is 0. The maximum atomic E-state index is 11.4. The molecule has 1 fully saturated rings. The lowest BCUT2D eigenvalue weighted by molar-refractivity contribution is 0.0532. The van der Waals surface area contributed by atoms with Crippen molar-refractivity contribution < 1.29 is 9.53 Å². The Kier molecular flexibility index (Phi) is 3.02. The first-order valence-electron chi connectivity index (χ1n) is 4.90. The van der Waals surface area contributed by atoms with E-state index in [9.17, 15) is 4.79 Å². The molecule has 0 atom stereocenters. The molecule has 1 saturated carbocycles. The van der Waals surface area contributed by atoms with E-state index in [0.717, 1.165) is 5.01 Å². The molecule has 0 bridgehead atoms. The number of ether oxygens (including phenoxy) is 1. The summed E-state index contributed by atoms with van der Waals surface area (Å²) in [6.45, 7) is 2.23. The number of nitrogens with zero attached hydrogens (tertiary/aromatic N) is 1. The maximum absolute atomic E-state index is 11.4. The van der Waals surface area contributed by atoms with Crippen LogP contribution in [-0.4, -0.2) is 23.8 Å². The van der Waals surface area contributed by atoms with Gasteiger partial charge in [0.1, 0.15) is 9.88 Å². The molecule has 15 heavy (non-hydrogen) atoms. The Labute approximate surface area is 97.2 Å². The third-order valence-electron chi connectivity index (χ3n) is 2.47. The van der Waals surface area contributed by atoms with E-state index >= 15 is 0 Å². The standard InChI is InChI=1S/C10H13NO2S2/c1-3-13-8(12)7-6-11-9(15-7)10(14-2)4-5-10/h6H,3-5H2,1-2H3. The Morgan fingerprint density at radius 3 is 3.00 bits per heavy atom. The van der Waals surface area contributed by atoms with Crippen LogP contribution in [0.15, 0.2) is 6.20 Å². The summed E-state index contributed by atoms with van der Waals surface area (Å²) in [5.74, 6) is -0.252. The van der Waals surface area contributed by atoms with Gasteiger partial charge in [0.2, 0.25) is 0 Å². The van der Waals surface area contributed by atoms with Crippen LogP contribution >= 0.6 is 23.1 Å². The highest BCUT2D eigenvalue weighted by molar-refractivity contribution is 7.99. The van der Waals surface area contributed by atoms with Crippen molar-refractivity contribution in [2.75, 3.05) is 12.9 Å². The number of thioether (sulfide) groups is 1. The molecule has 1 aliphatic rings. The largest absolute Gasteiger partial charge is 0.462 e. The molecule has 1 aliphatic carbocycles. The van der Waals surface area contributed by atoms with Crippen LogP contribution in [0.1, 0.15) is 34.4 Å². The number of carbonyl (C=O) groups is 1. The van der Waals surface area contributed by atoms with E-state index in [1.807, 2.05) is 18.7 Å². The number of esters is 1. The highest BCUT2D eigenvalue weighted by Gasteiger charge is 2.46. The smallest absolute Gasteiger partial charge is 0.349 e. The zero-order valence-corrected chi connectivity index (χ0v) is 10.4. The third kappa shape index (κ3) is 2.03. The zero-order valence-electron chi connectivity index (χ0n) is 8.78. The first-order valence-corrected chi connectivity index (χ1v) is 6.94. The Morgan fingerprint density at radius 2 is 2.47 bits per heavy atom. The molecule has 0 saturated heterocycles. The third-order valence-corrected chi connectivity index (χ3v) is 5.16. The molecular formula is C10H13NO2S2. The predicted octanol–water partition coefficient (Wildman–Crippen LogP) is 2.67. The summed E-state index contributed by atoms with van der Waals surface area (Å²) in [6.07, 6.45) is 6.07. The molecule has 82 valence electrons. The van der Waals surface area contributed by atoms with Crippen LogP contribution in [0, 0.1) is 0 Å². The van der Waals surface area contributed by atoms with E-state index in [1.165, 1.54) is 24.2 Å². The van der Waals surface area contributed by atoms with Crippen LogP contribution in [0.4, 0.5) is 0 Å². The molecule has 1 heterocycles. The van der Waals surface area contributed by atoms with Gasteiger partial charge in [-0.15, -0.1) is 11.3 Å². The first kappa shape index (κ1) is 11.0. The second kappa shape index (κ2) is 4.14. The van der Waals surface area contributed by atoms with Gasteiger partial charge >= 0.3 is 5.97 Å². The van der Waals surface area contributed by atoms with Gasteiger partial charge in [0, 0.05) is 0 Å². The quantitative estimate of drug-likeness (QED) is 0.762. The second-order valence-corrected chi connectivity index (χ2v) is 5.67. The van der Waals surface area contributed by atoms with Crippen molar-refractivity contribution in [3.63, 3.8) is 0 Å². The molecule has 0 radical (unpaired) electrons. The van der Waals surface area contributed by atoms with Gasteiger partial charge in [-0.2, -0.15) is 11.8 Å². The summed E-state index contributed by atoms with van der Waals surface area (Å²) in [7, 11) is 0. The summed E-state index contributed by atoms with van der Waals surface area (Å²) >= 11 is 3.29. The molecule has 1 aromatic heterocycles. The van der Waals surface area contributed by atoms with Crippen molar-refractivity contribution in [2.24, 2.45) is 0 Å². The first-order chi connectivity index (χ1) is 7.22. The number of thiazole rings is 1. The molecule has 0 amide bonds. The van der Waals surface area contributed by atoms with E-state index in [-0.39, 0.29) is 10.7 Å². The number of rotatable bonds is 4. The highest BCUT2D eigenvalue weighted by atomic mass is 32.2. The van der Waals surface area contributed by atoms with Crippen LogP contribution in [0.3, 0.4) is 0 Å². The van der Waals surface area contributed by atoms with Gasteiger partial charge in [-0.05, 0) is 26.0 Å². The maximum Gasteiger partial charge on any atom is 0.349 e. The van der Waals surface area contributed by atoms with Crippen LogP contribution in [0.2, 0.25) is 0 Å². The van der Waals surface area contributed by atoms with Gasteiger partial charge in [0.05, 0.1) is 17.6 Å². The van der Waals surface area contributed by atoms with Gasteiger partial charge in [-0.25, -0.2) is 9.78 Å². The van der Waals surface area contributed by atoms with Crippen LogP contribution < -0.4 is 0 Å². The fourth-order valence-electron chi connectivity index (χ4n) is 1.40. The number of hydrogen-bond acceptors (Lipinski definition) is 5. The van der Waals surface area contributed by atoms with Crippen LogP contribution in [-0.2, 0) is 9.48 Å². The highest BCUT2D eigenvalue weighted by Crippen LogP contribution is 2.56. The lowest BCUT2D eigenvalue weighted by Crippen LogP contribution is -2.01. The molecule has 0 unspecified atom stereocenters. The zero-order chi connectivity index (χ0) is 10.9. The summed E-state index contributed by atoms with van der Waals surface area (Å²) in [5, 5.41) is 1.07. The van der Waals surface area contributed by atoms with Crippen molar-refractivity contribution in [1.29, 1.82) is 0 Å². The molecule has 0 aromatic carbocycles. The molecule has 0 spiro atoms. The Balaban J connectivity index is 2.14. The van der Waals surface area contributed by atoms with Gasteiger partial charge in [-0.1, -0.05) is 0 Å². The Bertz CT molecular complexity index is 371. The molecule has 2 rings (SSSR count). The van der Waals surface area contributed by atoms with Crippen molar-refractivity contribution in [3.8, 4) is 0 Å². The van der Waals surface area contributed by atoms with Gasteiger partial charge in [0.15, 0.2) is 0 Å². The fraction of sp³-hybridized carbons (Fsp3) is 0.600. The van der Waals surface area contributed by atoms with E-state index in [4.69, 9.17) is 4.74 Å². The monoisotopic (exact) mass is 243 g/mol. The van der Waals surface area contributed by atoms with Crippen molar-refractivity contribution in [3.05, 3.63) is 16.1 Å². The topological polar surface area (TPSA) is 39.2 Å². The minimum absolute atomic E-state index is 0.204. The summed E-state index contributed by atoms with van der Waals surface area (Å²) in [4.78, 5) is 16.4. The molecule has 3 nitrogen and oxygen atoms in total. The van der Waals surface area contributed by atoms with Crippen molar-refractivity contribution >= 4 is 29.1 Å². The Morgan fingerprint density at radius 1 is 1.73 bits per heavy atom.